The van der Waals surface area contributed by atoms with Crippen LogP contribution in [0.25, 0.3) is 0 Å². The summed E-state index contributed by atoms with van der Waals surface area (Å²) in [4.78, 5) is 0.134. The molecular formula is C14H21NO3S. The van der Waals surface area contributed by atoms with Crippen LogP contribution in [0.4, 0.5) is 0 Å². The van der Waals surface area contributed by atoms with E-state index < -0.39 is 10.0 Å². The summed E-state index contributed by atoms with van der Waals surface area (Å²) in [6.45, 7) is 0. The van der Waals surface area contributed by atoms with E-state index in [4.69, 9.17) is 0 Å². The van der Waals surface area contributed by atoms with E-state index in [-0.39, 0.29) is 16.7 Å². The van der Waals surface area contributed by atoms with Crippen LogP contribution >= 0.6 is 0 Å². The first-order chi connectivity index (χ1) is 9.08. The summed E-state index contributed by atoms with van der Waals surface area (Å²) in [6.07, 6.45) is 7.58. The second-order valence-electron chi connectivity index (χ2n) is 5.16. The van der Waals surface area contributed by atoms with Crippen LogP contribution in [0, 0.1) is 0 Å². The average Bonchev–Trinajstić information content (AvgIpc) is 2.32. The van der Waals surface area contributed by atoms with Gasteiger partial charge >= 0.3 is 0 Å². The quantitative estimate of drug-likeness (QED) is 0.896. The van der Waals surface area contributed by atoms with Crippen molar-refractivity contribution in [3.8, 4) is 5.75 Å². The smallest absolute Gasteiger partial charge is 0.240 e. The van der Waals surface area contributed by atoms with Crippen LogP contribution in [-0.4, -0.2) is 19.6 Å². The van der Waals surface area contributed by atoms with Gasteiger partial charge in [0.1, 0.15) is 5.75 Å². The number of sulfonamides is 1. The van der Waals surface area contributed by atoms with Crippen molar-refractivity contribution < 1.29 is 13.5 Å². The van der Waals surface area contributed by atoms with Gasteiger partial charge in [-0.05, 0) is 31.0 Å². The minimum atomic E-state index is -3.52. The van der Waals surface area contributed by atoms with Crippen molar-refractivity contribution in [1.29, 1.82) is 0 Å². The number of hydrogen-bond donors (Lipinski definition) is 2. The van der Waals surface area contributed by atoms with Gasteiger partial charge in [-0.3, -0.25) is 0 Å². The van der Waals surface area contributed by atoms with E-state index in [0.717, 1.165) is 25.7 Å². The lowest BCUT2D eigenvalue weighted by atomic mass is 9.97. The SMILES string of the molecule is O=S(=O)(NC1CCCCCCC1)c1cccc(O)c1. The van der Waals surface area contributed by atoms with Crippen LogP contribution in [0.15, 0.2) is 29.2 Å². The monoisotopic (exact) mass is 283 g/mol. The minimum Gasteiger partial charge on any atom is -0.508 e. The molecule has 1 aliphatic rings. The van der Waals surface area contributed by atoms with E-state index in [9.17, 15) is 13.5 Å². The Morgan fingerprint density at radius 3 is 2.32 bits per heavy atom. The predicted molar refractivity (Wildman–Crippen MR) is 74.5 cm³/mol. The summed E-state index contributed by atoms with van der Waals surface area (Å²) < 4.78 is 27.2. The Balaban J connectivity index is 2.07. The first kappa shape index (κ1) is 14.3. The van der Waals surface area contributed by atoms with E-state index in [1.54, 1.807) is 6.07 Å². The third kappa shape index (κ3) is 4.21. The standard InChI is InChI=1S/C14H21NO3S/c16-13-9-6-10-14(11-13)19(17,18)15-12-7-4-2-1-3-5-8-12/h6,9-12,15-16H,1-5,7-8H2. The van der Waals surface area contributed by atoms with Crippen LogP contribution in [0.2, 0.25) is 0 Å². The van der Waals surface area contributed by atoms with Crippen LogP contribution in [0.3, 0.4) is 0 Å². The van der Waals surface area contributed by atoms with Gasteiger partial charge in [-0.15, -0.1) is 0 Å². The summed E-state index contributed by atoms with van der Waals surface area (Å²) in [5, 5.41) is 9.37. The third-order valence-electron chi connectivity index (χ3n) is 3.55. The Labute approximate surface area is 114 Å². The number of benzene rings is 1. The number of phenols is 1. The molecule has 1 fully saturated rings. The van der Waals surface area contributed by atoms with Crippen molar-refractivity contribution in [3.63, 3.8) is 0 Å². The van der Waals surface area contributed by atoms with Gasteiger partial charge in [0.05, 0.1) is 4.90 Å². The molecular weight excluding hydrogens is 262 g/mol. The van der Waals surface area contributed by atoms with Gasteiger partial charge in [-0.2, -0.15) is 0 Å². The third-order valence-corrected chi connectivity index (χ3v) is 5.07. The fraction of sp³-hybridized carbons (Fsp3) is 0.571. The molecule has 1 aromatic rings. The van der Waals surface area contributed by atoms with Gasteiger partial charge in [0.25, 0.3) is 0 Å². The summed E-state index contributed by atoms with van der Waals surface area (Å²) in [5.74, 6) is -0.0273. The Kier molecular flexibility index (Phi) is 4.82. The molecule has 0 aromatic heterocycles. The molecule has 1 saturated carbocycles. The highest BCUT2D eigenvalue weighted by Crippen LogP contribution is 2.20. The fourth-order valence-electron chi connectivity index (χ4n) is 2.51. The maximum atomic E-state index is 12.2. The first-order valence-electron chi connectivity index (χ1n) is 6.89. The lowest BCUT2D eigenvalue weighted by molar-refractivity contribution is 0.426. The second-order valence-corrected chi connectivity index (χ2v) is 6.87. The number of hydrogen-bond acceptors (Lipinski definition) is 3. The van der Waals surface area contributed by atoms with Gasteiger partial charge in [0.15, 0.2) is 0 Å². The molecule has 5 heteroatoms. The van der Waals surface area contributed by atoms with Crippen molar-refractivity contribution >= 4 is 10.0 Å². The second kappa shape index (κ2) is 6.39. The molecule has 0 unspecified atom stereocenters. The molecule has 2 N–H and O–H groups in total. The Morgan fingerprint density at radius 2 is 1.68 bits per heavy atom. The minimum absolute atomic E-state index is 0.0210. The summed E-state index contributed by atoms with van der Waals surface area (Å²) in [6, 6.07) is 5.82. The van der Waals surface area contributed by atoms with Gasteiger partial charge in [0, 0.05) is 6.04 Å². The number of rotatable bonds is 3. The van der Waals surface area contributed by atoms with Crippen LogP contribution in [0.5, 0.6) is 5.75 Å². The molecule has 2 rings (SSSR count). The molecule has 0 amide bonds. The van der Waals surface area contributed by atoms with Crippen molar-refractivity contribution in [2.75, 3.05) is 0 Å². The van der Waals surface area contributed by atoms with Crippen molar-refractivity contribution in [3.05, 3.63) is 24.3 Å². The van der Waals surface area contributed by atoms with Crippen molar-refractivity contribution in [1.82, 2.24) is 4.72 Å². The highest BCUT2D eigenvalue weighted by Gasteiger charge is 2.20. The molecule has 1 aromatic carbocycles. The first-order valence-corrected chi connectivity index (χ1v) is 8.37. The highest BCUT2D eigenvalue weighted by molar-refractivity contribution is 7.89. The average molecular weight is 283 g/mol. The number of aromatic hydroxyl groups is 1. The fourth-order valence-corrected chi connectivity index (χ4v) is 3.86. The Hall–Kier alpha value is -1.07. The summed E-state index contributed by atoms with van der Waals surface area (Å²) in [7, 11) is -3.52. The molecule has 0 saturated heterocycles. The molecule has 0 bridgehead atoms. The maximum Gasteiger partial charge on any atom is 0.240 e. The molecule has 1 aliphatic carbocycles. The number of phenolic OH excluding ortho intramolecular Hbond substituents is 1. The molecule has 4 nitrogen and oxygen atoms in total. The van der Waals surface area contributed by atoms with Gasteiger partial charge < -0.3 is 5.11 Å². The van der Waals surface area contributed by atoms with Crippen molar-refractivity contribution in [2.24, 2.45) is 0 Å². The molecule has 0 aliphatic heterocycles. The van der Waals surface area contributed by atoms with Crippen molar-refractivity contribution in [2.45, 2.75) is 55.9 Å². The van der Waals surface area contributed by atoms with Gasteiger partial charge in [-0.1, -0.05) is 38.2 Å². The van der Waals surface area contributed by atoms with Gasteiger partial charge in [-0.25, -0.2) is 13.1 Å². The predicted octanol–water partition coefficient (Wildman–Crippen LogP) is 2.78. The zero-order chi connectivity index (χ0) is 13.7. The highest BCUT2D eigenvalue weighted by atomic mass is 32.2. The lowest BCUT2D eigenvalue weighted by Crippen LogP contribution is -2.35. The van der Waals surface area contributed by atoms with E-state index in [1.807, 2.05) is 0 Å². The van der Waals surface area contributed by atoms with E-state index in [1.165, 1.54) is 37.5 Å². The zero-order valence-corrected chi connectivity index (χ0v) is 11.8. The summed E-state index contributed by atoms with van der Waals surface area (Å²) >= 11 is 0. The molecule has 0 heterocycles. The molecule has 0 radical (unpaired) electrons. The molecule has 106 valence electrons. The molecule has 0 spiro atoms. The van der Waals surface area contributed by atoms with E-state index in [0.29, 0.717) is 0 Å². The van der Waals surface area contributed by atoms with E-state index in [2.05, 4.69) is 4.72 Å². The Morgan fingerprint density at radius 1 is 1.05 bits per heavy atom. The largest absolute Gasteiger partial charge is 0.508 e. The summed E-state index contributed by atoms with van der Waals surface area (Å²) in [5.41, 5.74) is 0. The van der Waals surface area contributed by atoms with E-state index >= 15 is 0 Å². The lowest BCUT2D eigenvalue weighted by Gasteiger charge is -2.21. The normalized spacial score (nSPS) is 18.7. The Bertz CT molecular complexity index is 505. The van der Waals surface area contributed by atoms with Crippen LogP contribution in [0.1, 0.15) is 44.9 Å². The molecule has 19 heavy (non-hydrogen) atoms. The molecule has 0 atom stereocenters. The van der Waals surface area contributed by atoms with Gasteiger partial charge in [0.2, 0.25) is 10.0 Å². The van der Waals surface area contributed by atoms with Crippen LogP contribution < -0.4 is 4.72 Å². The zero-order valence-electron chi connectivity index (χ0n) is 11.0. The topological polar surface area (TPSA) is 66.4 Å². The maximum absolute atomic E-state index is 12.2. The number of nitrogens with one attached hydrogen (secondary N) is 1. The van der Waals surface area contributed by atoms with Crippen LogP contribution in [-0.2, 0) is 10.0 Å².